The predicted octanol–water partition coefficient (Wildman–Crippen LogP) is -1.59. The molecule has 0 unspecified atom stereocenters. The van der Waals surface area contributed by atoms with Crippen LogP contribution in [0, 0.1) is 0 Å². The molecule has 0 fully saturated rings. The van der Waals surface area contributed by atoms with Gasteiger partial charge in [0.05, 0.1) is 0 Å². The van der Waals surface area contributed by atoms with Gasteiger partial charge in [-0.2, -0.15) is 0 Å². The van der Waals surface area contributed by atoms with Gasteiger partial charge in [0.2, 0.25) is 0 Å². The summed E-state index contributed by atoms with van der Waals surface area (Å²) in [7, 11) is -4.64. The Morgan fingerprint density at radius 3 is 1.00 bits per heavy atom. The van der Waals surface area contributed by atoms with Gasteiger partial charge >= 0.3 is 111 Å². The number of hydrogen-bond acceptors (Lipinski definition) is 1. The van der Waals surface area contributed by atoms with Crippen LogP contribution < -0.4 is 0 Å². The molecule has 0 saturated carbocycles. The first-order valence-corrected chi connectivity index (χ1v) is 2.35. The molecule has 3 N–H and O–H groups in total. The third kappa shape index (κ3) is 57.6. The van der Waals surface area contributed by atoms with Gasteiger partial charge in [-0.15, -0.1) is 0 Å². The van der Waals surface area contributed by atoms with Crippen LogP contribution in [-0.4, -0.2) is 117 Å². The van der Waals surface area contributed by atoms with Crippen LogP contribution in [0.5, 0.6) is 0 Å². The average Bonchev–Trinajstić information content (AvgIpc) is 0.722. The molecule has 0 bridgehead atoms. The molecular weight excluding hydrogens is 185 g/mol. The standard InChI is InChI=1S/CH4.2K.H3O4P.2H/c;;;1-5(2,3)4;;/h1H4;;;(H3,1,2,3,4);;. The first-order chi connectivity index (χ1) is 2.00. The molecule has 0 rings (SSSR count). The second kappa shape index (κ2) is 10.4. The van der Waals surface area contributed by atoms with Crippen molar-refractivity contribution in [3.63, 3.8) is 0 Å². The van der Waals surface area contributed by atoms with Crippen molar-refractivity contribution >= 4 is 111 Å². The molecule has 0 aromatic rings. The van der Waals surface area contributed by atoms with Crippen LogP contribution >= 0.6 is 7.82 Å². The van der Waals surface area contributed by atoms with E-state index in [0.29, 0.717) is 0 Å². The Labute approximate surface area is 134 Å². The summed E-state index contributed by atoms with van der Waals surface area (Å²) in [6.07, 6.45) is 0. The van der Waals surface area contributed by atoms with Crippen LogP contribution in [0.2, 0.25) is 0 Å². The second-order valence-electron chi connectivity index (χ2n) is 0.513. The van der Waals surface area contributed by atoms with Crippen LogP contribution in [0.1, 0.15) is 7.43 Å². The maximum atomic E-state index is 8.88. The van der Waals surface area contributed by atoms with E-state index in [2.05, 4.69) is 0 Å². The third-order valence-corrected chi connectivity index (χ3v) is 0. The Morgan fingerprint density at radius 2 is 1.00 bits per heavy atom. The van der Waals surface area contributed by atoms with Gasteiger partial charge < -0.3 is 14.7 Å². The zero-order chi connectivity index (χ0) is 4.50. The van der Waals surface area contributed by atoms with Crippen LogP contribution in [-0.2, 0) is 4.57 Å². The zero-order valence-corrected chi connectivity index (χ0v) is 3.09. The predicted molar refractivity (Wildman–Crippen MR) is 35.3 cm³/mol. The third-order valence-electron chi connectivity index (χ3n) is 0. The van der Waals surface area contributed by atoms with Crippen molar-refractivity contribution in [1.82, 2.24) is 0 Å². The molecule has 0 radical (unpaired) electrons. The van der Waals surface area contributed by atoms with Crippen molar-refractivity contribution in [2.45, 2.75) is 7.43 Å². The number of rotatable bonds is 0. The normalized spacial score (nSPS) is 7.38. The van der Waals surface area contributed by atoms with E-state index in [9.17, 15) is 0 Å². The molecule has 0 heterocycles. The first-order valence-electron chi connectivity index (χ1n) is 0.783. The second-order valence-corrected chi connectivity index (χ2v) is 1.54. The van der Waals surface area contributed by atoms with Gasteiger partial charge in [-0.05, 0) is 0 Å². The Hall–Kier alpha value is 3.38. The summed E-state index contributed by atoms with van der Waals surface area (Å²) in [5.74, 6) is 0. The topological polar surface area (TPSA) is 77.8 Å². The van der Waals surface area contributed by atoms with Gasteiger partial charge in [0.1, 0.15) is 0 Å². The van der Waals surface area contributed by atoms with Gasteiger partial charge in [0, 0.05) is 0 Å². The summed E-state index contributed by atoms with van der Waals surface area (Å²) in [6.45, 7) is 0. The van der Waals surface area contributed by atoms with Gasteiger partial charge in [-0.1, -0.05) is 7.43 Å². The molecule has 0 aliphatic heterocycles. The van der Waals surface area contributed by atoms with Crippen molar-refractivity contribution < 1.29 is 19.2 Å². The Balaban J connectivity index is -0.0000000267. The molecule has 7 heteroatoms. The van der Waals surface area contributed by atoms with Gasteiger partial charge in [-0.25, -0.2) is 4.57 Å². The molecule has 0 atom stereocenters. The fourth-order valence-corrected chi connectivity index (χ4v) is 0. The van der Waals surface area contributed by atoms with Crippen LogP contribution in [0.15, 0.2) is 0 Å². The summed E-state index contributed by atoms with van der Waals surface area (Å²) >= 11 is 0. The monoisotopic (exact) mass is 194 g/mol. The minimum absolute atomic E-state index is 0. The summed E-state index contributed by atoms with van der Waals surface area (Å²) in [6, 6.07) is 0. The van der Waals surface area contributed by atoms with Crippen molar-refractivity contribution in [1.29, 1.82) is 0 Å². The maximum absolute atomic E-state index is 8.88. The summed E-state index contributed by atoms with van der Waals surface area (Å²) in [4.78, 5) is 21.6. The van der Waals surface area contributed by atoms with Gasteiger partial charge in [0.15, 0.2) is 0 Å². The molecule has 4 nitrogen and oxygen atoms in total. The van der Waals surface area contributed by atoms with Crippen molar-refractivity contribution in [3.05, 3.63) is 0 Å². The Bertz CT molecular complexity index is 60.2. The van der Waals surface area contributed by atoms with E-state index >= 15 is 0 Å². The van der Waals surface area contributed by atoms with Crippen LogP contribution in [0.25, 0.3) is 0 Å². The summed E-state index contributed by atoms with van der Waals surface area (Å²) < 4.78 is 8.88. The molecule has 44 valence electrons. The minimum atomic E-state index is -4.64. The molecule has 0 amide bonds. The van der Waals surface area contributed by atoms with E-state index < -0.39 is 7.82 Å². The number of phosphoric acid groups is 1. The quantitative estimate of drug-likeness (QED) is 0.321. The Kier molecular flexibility index (Phi) is 29.2. The number of hydrogen-bond donors (Lipinski definition) is 3. The molecule has 0 saturated heterocycles. The van der Waals surface area contributed by atoms with E-state index in [4.69, 9.17) is 19.2 Å². The van der Waals surface area contributed by atoms with E-state index in [1.165, 1.54) is 0 Å². The molecule has 0 aliphatic rings. The van der Waals surface area contributed by atoms with Crippen molar-refractivity contribution in [3.8, 4) is 0 Å². The van der Waals surface area contributed by atoms with Crippen molar-refractivity contribution in [2.24, 2.45) is 0 Å². The van der Waals surface area contributed by atoms with Gasteiger partial charge in [-0.3, -0.25) is 0 Å². The molecule has 0 spiro atoms. The van der Waals surface area contributed by atoms with E-state index in [0.717, 1.165) is 0 Å². The SMILES string of the molecule is C.O=P(O)(O)O.[KH].[KH]. The summed E-state index contributed by atoms with van der Waals surface area (Å²) in [5, 5.41) is 0. The first kappa shape index (κ1) is 22.5. The molecule has 0 aromatic carbocycles. The van der Waals surface area contributed by atoms with E-state index in [-0.39, 0.29) is 110 Å². The van der Waals surface area contributed by atoms with Gasteiger partial charge in [0.25, 0.3) is 0 Å². The van der Waals surface area contributed by atoms with Crippen LogP contribution in [0.4, 0.5) is 0 Å². The molecule has 0 aromatic heterocycles. The van der Waals surface area contributed by atoms with Crippen molar-refractivity contribution in [2.75, 3.05) is 0 Å². The molecular formula is CH9K2O4P. The van der Waals surface area contributed by atoms with E-state index in [1.807, 2.05) is 0 Å². The molecule has 0 aliphatic carbocycles. The fourth-order valence-electron chi connectivity index (χ4n) is 0. The zero-order valence-electron chi connectivity index (χ0n) is 2.20. The Morgan fingerprint density at radius 1 is 1.00 bits per heavy atom. The van der Waals surface area contributed by atoms with Crippen LogP contribution in [0.3, 0.4) is 0 Å². The summed E-state index contributed by atoms with van der Waals surface area (Å²) in [5.41, 5.74) is 0. The molecule has 8 heavy (non-hydrogen) atoms. The average molecular weight is 194 g/mol. The van der Waals surface area contributed by atoms with E-state index in [1.54, 1.807) is 0 Å². The fraction of sp³-hybridized carbons (Fsp3) is 1.00.